The Labute approximate surface area is 97.1 Å². The maximum Gasteiger partial charge on any atom is 0.0907 e. The van der Waals surface area contributed by atoms with Crippen molar-refractivity contribution in [1.29, 1.82) is 0 Å². The van der Waals surface area contributed by atoms with E-state index in [9.17, 15) is 5.11 Å². The van der Waals surface area contributed by atoms with E-state index in [0.717, 1.165) is 24.8 Å². The van der Waals surface area contributed by atoms with E-state index in [1.807, 2.05) is 13.0 Å². The van der Waals surface area contributed by atoms with E-state index in [-0.39, 0.29) is 0 Å². The Balaban J connectivity index is 2.21. The molecule has 1 aliphatic rings. The van der Waals surface area contributed by atoms with E-state index in [0.29, 0.717) is 5.92 Å². The molecule has 0 aromatic heterocycles. The van der Waals surface area contributed by atoms with Crippen LogP contribution in [0, 0.1) is 0 Å². The predicted octanol–water partition coefficient (Wildman–Crippen LogP) is 3.42. The molecule has 84 valence electrons. The third kappa shape index (κ3) is 2.11. The van der Waals surface area contributed by atoms with Crippen molar-refractivity contribution in [2.45, 2.75) is 37.7 Å². The second-order valence-corrected chi connectivity index (χ2v) is 4.78. The zero-order valence-electron chi connectivity index (χ0n) is 9.74. The van der Waals surface area contributed by atoms with Crippen LogP contribution in [-0.4, -0.2) is 10.7 Å². The Morgan fingerprint density at radius 3 is 2.62 bits per heavy atom. The van der Waals surface area contributed by atoms with Crippen molar-refractivity contribution in [2.75, 3.05) is 0 Å². The molecule has 0 aliphatic heterocycles. The molecule has 1 fully saturated rings. The van der Waals surface area contributed by atoms with Gasteiger partial charge in [0.1, 0.15) is 0 Å². The highest BCUT2D eigenvalue weighted by molar-refractivity contribution is 5.26. The molecule has 0 heterocycles. The lowest BCUT2D eigenvalue weighted by Gasteiger charge is -2.35. The molecule has 1 aromatic carbocycles. The van der Waals surface area contributed by atoms with Crippen molar-refractivity contribution < 1.29 is 5.11 Å². The monoisotopic (exact) mass is 214 g/mol. The van der Waals surface area contributed by atoms with E-state index in [1.165, 1.54) is 5.56 Å². The zero-order chi connectivity index (χ0) is 11.6. The number of hydrogen-bond donors (Lipinski definition) is 1. The lowest BCUT2D eigenvalue weighted by molar-refractivity contribution is 0.0628. The van der Waals surface area contributed by atoms with Gasteiger partial charge in [-0.15, -0.1) is 5.73 Å². The molecular formula is C15H18O. The van der Waals surface area contributed by atoms with Crippen LogP contribution in [0.4, 0.5) is 0 Å². The van der Waals surface area contributed by atoms with Crippen molar-refractivity contribution in [2.24, 2.45) is 0 Å². The van der Waals surface area contributed by atoms with Crippen LogP contribution >= 0.6 is 0 Å². The van der Waals surface area contributed by atoms with Crippen LogP contribution in [0.15, 0.2) is 48.2 Å². The van der Waals surface area contributed by atoms with Gasteiger partial charge >= 0.3 is 0 Å². The first-order valence-corrected chi connectivity index (χ1v) is 5.80. The molecule has 0 radical (unpaired) electrons. The molecule has 0 unspecified atom stereocenters. The summed E-state index contributed by atoms with van der Waals surface area (Å²) in [6.45, 7) is 5.53. The van der Waals surface area contributed by atoms with Crippen LogP contribution in [0.25, 0.3) is 0 Å². The van der Waals surface area contributed by atoms with Gasteiger partial charge in [-0.25, -0.2) is 0 Å². The van der Waals surface area contributed by atoms with Crippen LogP contribution in [0.5, 0.6) is 0 Å². The Hall–Kier alpha value is -1.30. The minimum absolute atomic E-state index is 0.452. The Morgan fingerprint density at radius 2 is 2.06 bits per heavy atom. The summed E-state index contributed by atoms with van der Waals surface area (Å²) in [7, 11) is 0. The lowest BCUT2D eigenvalue weighted by atomic mass is 9.73. The first-order valence-electron chi connectivity index (χ1n) is 5.80. The van der Waals surface area contributed by atoms with Gasteiger partial charge in [-0.1, -0.05) is 36.9 Å². The van der Waals surface area contributed by atoms with Crippen LogP contribution in [0.2, 0.25) is 0 Å². The summed E-state index contributed by atoms with van der Waals surface area (Å²) < 4.78 is 0. The van der Waals surface area contributed by atoms with Gasteiger partial charge in [0.2, 0.25) is 0 Å². The Bertz CT molecular complexity index is 410. The summed E-state index contributed by atoms with van der Waals surface area (Å²) in [5.74, 6) is 0.452. The van der Waals surface area contributed by atoms with Crippen molar-refractivity contribution in [1.82, 2.24) is 0 Å². The summed E-state index contributed by atoms with van der Waals surface area (Å²) in [5, 5.41) is 10.3. The molecule has 2 atom stereocenters. The minimum atomic E-state index is -0.736. The molecule has 1 heteroatoms. The van der Waals surface area contributed by atoms with Gasteiger partial charge in [-0.3, -0.25) is 0 Å². The van der Waals surface area contributed by atoms with Crippen molar-refractivity contribution in [3.8, 4) is 0 Å². The first kappa shape index (κ1) is 11.2. The lowest BCUT2D eigenvalue weighted by Crippen LogP contribution is -2.33. The van der Waals surface area contributed by atoms with Gasteiger partial charge in [0.15, 0.2) is 0 Å². The number of benzene rings is 1. The smallest absolute Gasteiger partial charge is 0.0907 e. The SMILES string of the molecule is C=C=C1CC[C@H](c2ccccc2)C[C@@]1(C)O. The van der Waals surface area contributed by atoms with Crippen molar-refractivity contribution in [3.63, 3.8) is 0 Å². The summed E-state index contributed by atoms with van der Waals surface area (Å²) in [6.07, 6.45) is 2.75. The van der Waals surface area contributed by atoms with E-state index >= 15 is 0 Å². The molecule has 1 aromatic rings. The topological polar surface area (TPSA) is 20.2 Å². The summed E-state index contributed by atoms with van der Waals surface area (Å²) in [6, 6.07) is 10.4. The standard InChI is InChI=1S/C15H18O/c1-3-14-10-9-13(11-15(14,2)16)12-7-5-4-6-8-12/h4-8,13,16H,1,9-11H2,2H3/t13-,15+/m0/s1. The average Bonchev–Trinajstić information content (AvgIpc) is 2.29. The second-order valence-electron chi connectivity index (χ2n) is 4.78. The fraction of sp³-hybridized carbons (Fsp3) is 0.400. The maximum atomic E-state index is 10.3. The summed E-state index contributed by atoms with van der Waals surface area (Å²) in [5.41, 5.74) is 4.43. The predicted molar refractivity (Wildman–Crippen MR) is 66.3 cm³/mol. The van der Waals surface area contributed by atoms with Crippen LogP contribution < -0.4 is 0 Å². The van der Waals surface area contributed by atoms with Gasteiger partial charge in [-0.2, -0.15) is 0 Å². The molecule has 0 saturated heterocycles. The van der Waals surface area contributed by atoms with Gasteiger partial charge in [-0.05, 0) is 37.7 Å². The molecule has 1 saturated carbocycles. The van der Waals surface area contributed by atoms with Crippen LogP contribution in [0.3, 0.4) is 0 Å². The molecular weight excluding hydrogens is 196 g/mol. The fourth-order valence-electron chi connectivity index (χ4n) is 2.58. The molecule has 16 heavy (non-hydrogen) atoms. The van der Waals surface area contributed by atoms with Gasteiger partial charge in [0, 0.05) is 5.57 Å². The Kier molecular flexibility index (Phi) is 3.00. The van der Waals surface area contributed by atoms with Gasteiger partial charge < -0.3 is 5.11 Å². The highest BCUT2D eigenvalue weighted by atomic mass is 16.3. The quantitative estimate of drug-likeness (QED) is 0.710. The van der Waals surface area contributed by atoms with Crippen molar-refractivity contribution in [3.05, 3.63) is 53.8 Å². The minimum Gasteiger partial charge on any atom is -0.385 e. The fourth-order valence-corrected chi connectivity index (χ4v) is 2.58. The molecule has 0 amide bonds. The molecule has 0 spiro atoms. The third-order valence-electron chi connectivity index (χ3n) is 3.52. The molecule has 1 N–H and O–H groups in total. The number of rotatable bonds is 1. The summed E-state index contributed by atoms with van der Waals surface area (Å²) >= 11 is 0. The zero-order valence-corrected chi connectivity index (χ0v) is 9.74. The van der Waals surface area contributed by atoms with E-state index < -0.39 is 5.60 Å². The highest BCUT2D eigenvalue weighted by Gasteiger charge is 2.34. The largest absolute Gasteiger partial charge is 0.385 e. The van der Waals surface area contributed by atoms with Crippen molar-refractivity contribution >= 4 is 0 Å². The third-order valence-corrected chi connectivity index (χ3v) is 3.52. The van der Waals surface area contributed by atoms with Gasteiger partial charge in [0.05, 0.1) is 5.60 Å². The van der Waals surface area contributed by atoms with E-state index in [2.05, 4.69) is 36.6 Å². The summed E-state index contributed by atoms with van der Waals surface area (Å²) in [4.78, 5) is 0. The maximum absolute atomic E-state index is 10.3. The van der Waals surface area contributed by atoms with Gasteiger partial charge in [0.25, 0.3) is 0 Å². The van der Waals surface area contributed by atoms with E-state index in [1.54, 1.807) is 0 Å². The number of aliphatic hydroxyl groups is 1. The molecule has 1 aliphatic carbocycles. The molecule has 0 bridgehead atoms. The normalized spacial score (nSPS) is 29.9. The average molecular weight is 214 g/mol. The molecule has 1 nitrogen and oxygen atoms in total. The number of hydrogen-bond acceptors (Lipinski definition) is 1. The first-order chi connectivity index (χ1) is 7.63. The van der Waals surface area contributed by atoms with E-state index in [4.69, 9.17) is 0 Å². The van der Waals surface area contributed by atoms with Crippen LogP contribution in [-0.2, 0) is 0 Å². The highest BCUT2D eigenvalue weighted by Crippen LogP contribution is 2.40. The Morgan fingerprint density at radius 1 is 1.38 bits per heavy atom. The van der Waals surface area contributed by atoms with Crippen LogP contribution in [0.1, 0.15) is 37.7 Å². The molecule has 2 rings (SSSR count). The second kappa shape index (κ2) is 4.29.